The van der Waals surface area contributed by atoms with E-state index in [1.54, 1.807) is 0 Å². The Balaban J connectivity index is 1.47. The summed E-state index contributed by atoms with van der Waals surface area (Å²) in [7, 11) is -1.07. The fourth-order valence-corrected chi connectivity index (χ4v) is 8.19. The summed E-state index contributed by atoms with van der Waals surface area (Å²) in [5.41, 5.74) is 4.61. The molecule has 4 rings (SSSR count). The number of nitrogens with zero attached hydrogens (tertiary/aromatic N) is 2. The summed E-state index contributed by atoms with van der Waals surface area (Å²) in [6, 6.07) is 22.1. The molecule has 0 bridgehead atoms. The van der Waals surface area contributed by atoms with Crippen LogP contribution in [0.5, 0.6) is 5.88 Å². The first kappa shape index (κ1) is 26.6. The van der Waals surface area contributed by atoms with Gasteiger partial charge in [-0.15, -0.1) is 0 Å². The Morgan fingerprint density at radius 3 is 2.28 bits per heavy atom. The zero-order valence-electron chi connectivity index (χ0n) is 22.6. The van der Waals surface area contributed by atoms with Crippen LogP contribution in [0, 0.1) is 0 Å². The van der Waals surface area contributed by atoms with Gasteiger partial charge in [0.15, 0.2) is 5.82 Å². The van der Waals surface area contributed by atoms with Crippen LogP contribution in [0.15, 0.2) is 60.8 Å². The van der Waals surface area contributed by atoms with Crippen LogP contribution in [-0.2, 0) is 0 Å². The molecule has 0 saturated heterocycles. The van der Waals surface area contributed by atoms with E-state index in [4.69, 9.17) is 14.7 Å². The molecule has 1 aromatic heterocycles. The number of unbranched alkanes of at least 4 members (excludes halogenated alkanes) is 2. The molecule has 0 atom stereocenters. The van der Waals surface area contributed by atoms with E-state index in [1.807, 2.05) is 24.4 Å². The van der Waals surface area contributed by atoms with Crippen molar-refractivity contribution in [1.82, 2.24) is 9.97 Å². The summed E-state index contributed by atoms with van der Waals surface area (Å²) < 4.78 is 6.36. The Hall–Kier alpha value is -2.46. The molecule has 0 spiro atoms. The lowest BCUT2D eigenvalue weighted by Gasteiger charge is -2.22. The van der Waals surface area contributed by atoms with E-state index in [2.05, 4.69) is 56.4 Å². The maximum Gasteiger partial charge on any atom is 0.225 e. The number of rotatable bonds is 12. The molecule has 1 fully saturated rings. The molecule has 3 nitrogen and oxygen atoms in total. The van der Waals surface area contributed by atoms with E-state index < -0.39 is 8.07 Å². The third-order valence-electron chi connectivity index (χ3n) is 7.78. The maximum absolute atomic E-state index is 6.36. The highest BCUT2D eigenvalue weighted by molar-refractivity contribution is 6.77. The molecule has 1 aliphatic rings. The first-order chi connectivity index (χ1) is 17.6. The minimum absolute atomic E-state index is 0.705. The molecular formula is C32H44N2OSi. The smallest absolute Gasteiger partial charge is 0.225 e. The molecule has 0 amide bonds. The van der Waals surface area contributed by atoms with Gasteiger partial charge in [0.25, 0.3) is 0 Å². The van der Waals surface area contributed by atoms with Gasteiger partial charge in [-0.3, -0.25) is 0 Å². The maximum atomic E-state index is 6.36. The average Bonchev–Trinajstić information content (AvgIpc) is 2.93. The van der Waals surface area contributed by atoms with Crippen LogP contribution in [0.2, 0.25) is 25.2 Å². The number of aromatic nitrogens is 2. The Kier molecular flexibility index (Phi) is 9.74. The SMILES string of the molecule is CCCC[Si](C)(C)CCCCOc1nc(-c2ccccc2)ncc1-c1ccc(C2CCCCC2)cc1. The third kappa shape index (κ3) is 7.52. The molecule has 1 aliphatic carbocycles. The van der Waals surface area contributed by atoms with Crippen molar-refractivity contribution in [3.8, 4) is 28.4 Å². The molecule has 0 unspecified atom stereocenters. The molecule has 1 heterocycles. The molecule has 1 saturated carbocycles. The van der Waals surface area contributed by atoms with Gasteiger partial charge in [-0.05, 0) is 36.3 Å². The third-order valence-corrected chi connectivity index (χ3v) is 11.2. The van der Waals surface area contributed by atoms with Crippen LogP contribution < -0.4 is 4.74 Å². The lowest BCUT2D eigenvalue weighted by atomic mass is 9.84. The Morgan fingerprint density at radius 1 is 0.833 bits per heavy atom. The zero-order valence-corrected chi connectivity index (χ0v) is 23.6. The second-order valence-corrected chi connectivity index (χ2v) is 16.6. The Labute approximate surface area is 219 Å². The van der Waals surface area contributed by atoms with E-state index in [0.29, 0.717) is 18.4 Å². The van der Waals surface area contributed by atoms with Gasteiger partial charge < -0.3 is 4.74 Å². The second kappa shape index (κ2) is 13.2. The topological polar surface area (TPSA) is 35.0 Å². The first-order valence-corrected chi connectivity index (χ1v) is 17.6. The normalized spacial score (nSPS) is 14.6. The number of hydrogen-bond donors (Lipinski definition) is 0. The summed E-state index contributed by atoms with van der Waals surface area (Å²) in [5.74, 6) is 2.14. The number of hydrogen-bond acceptors (Lipinski definition) is 3. The highest BCUT2D eigenvalue weighted by Gasteiger charge is 2.19. The monoisotopic (exact) mass is 500 g/mol. The van der Waals surface area contributed by atoms with E-state index in [0.717, 1.165) is 28.9 Å². The summed E-state index contributed by atoms with van der Waals surface area (Å²) in [6.07, 6.45) is 13.7. The summed E-state index contributed by atoms with van der Waals surface area (Å²) in [5, 5.41) is 0. The van der Waals surface area contributed by atoms with Crippen LogP contribution in [-0.4, -0.2) is 24.6 Å². The van der Waals surface area contributed by atoms with Crippen LogP contribution in [0.1, 0.15) is 76.2 Å². The number of ether oxygens (including phenoxy) is 1. The molecule has 0 radical (unpaired) electrons. The fraction of sp³-hybridized carbons (Fsp3) is 0.500. The molecule has 0 aliphatic heterocycles. The van der Waals surface area contributed by atoms with Gasteiger partial charge in [0, 0.05) is 19.8 Å². The highest BCUT2D eigenvalue weighted by atomic mass is 28.3. The Bertz CT molecular complexity index is 1060. The van der Waals surface area contributed by atoms with Crippen LogP contribution >= 0.6 is 0 Å². The number of benzene rings is 2. The molecule has 3 aromatic rings. The fourth-order valence-electron chi connectivity index (χ4n) is 5.43. The molecule has 192 valence electrons. The van der Waals surface area contributed by atoms with Crippen molar-refractivity contribution in [2.45, 2.75) is 95.8 Å². The Morgan fingerprint density at radius 2 is 1.56 bits per heavy atom. The van der Waals surface area contributed by atoms with Gasteiger partial charge in [0.2, 0.25) is 5.88 Å². The van der Waals surface area contributed by atoms with Gasteiger partial charge in [-0.25, -0.2) is 4.98 Å². The predicted octanol–water partition coefficient (Wildman–Crippen LogP) is 9.53. The lowest BCUT2D eigenvalue weighted by Crippen LogP contribution is -2.24. The molecule has 0 N–H and O–H groups in total. The van der Waals surface area contributed by atoms with Gasteiger partial charge in [-0.1, -0.05) is 125 Å². The lowest BCUT2D eigenvalue weighted by molar-refractivity contribution is 0.298. The standard InChI is InChI=1S/C32H44N2OSi/c1-4-5-23-36(2,3)24-13-12-22-35-32-30(25-33-31(34-32)29-16-10-7-11-17-29)28-20-18-27(19-21-28)26-14-8-6-9-15-26/h7,10-11,16-21,25-26H,4-6,8-9,12-15,22-24H2,1-3H3. The van der Waals surface area contributed by atoms with E-state index >= 15 is 0 Å². The largest absolute Gasteiger partial charge is 0.477 e. The highest BCUT2D eigenvalue weighted by Crippen LogP contribution is 2.35. The van der Waals surface area contributed by atoms with Gasteiger partial charge in [0.05, 0.1) is 12.2 Å². The van der Waals surface area contributed by atoms with Crippen molar-refractivity contribution in [2.24, 2.45) is 0 Å². The van der Waals surface area contributed by atoms with Crippen LogP contribution in [0.25, 0.3) is 22.5 Å². The van der Waals surface area contributed by atoms with E-state index in [1.165, 1.54) is 69.0 Å². The van der Waals surface area contributed by atoms with Gasteiger partial charge in [-0.2, -0.15) is 4.98 Å². The zero-order chi connectivity index (χ0) is 25.2. The van der Waals surface area contributed by atoms with Crippen LogP contribution in [0.4, 0.5) is 0 Å². The van der Waals surface area contributed by atoms with Crippen molar-refractivity contribution >= 4 is 8.07 Å². The molecule has 4 heteroatoms. The summed E-state index contributed by atoms with van der Waals surface area (Å²) in [4.78, 5) is 9.61. The van der Waals surface area contributed by atoms with Crippen LogP contribution in [0.3, 0.4) is 0 Å². The van der Waals surface area contributed by atoms with Crippen molar-refractivity contribution in [3.05, 3.63) is 66.4 Å². The van der Waals surface area contributed by atoms with Crippen molar-refractivity contribution in [1.29, 1.82) is 0 Å². The first-order valence-electron chi connectivity index (χ1n) is 14.2. The minimum atomic E-state index is -1.07. The molecular weight excluding hydrogens is 456 g/mol. The summed E-state index contributed by atoms with van der Waals surface area (Å²) in [6.45, 7) is 8.08. The van der Waals surface area contributed by atoms with Gasteiger partial charge >= 0.3 is 0 Å². The van der Waals surface area contributed by atoms with Crippen molar-refractivity contribution in [3.63, 3.8) is 0 Å². The second-order valence-electron chi connectivity index (χ2n) is 11.3. The molecule has 2 aromatic carbocycles. The van der Waals surface area contributed by atoms with Crippen molar-refractivity contribution < 1.29 is 4.74 Å². The molecule has 36 heavy (non-hydrogen) atoms. The van der Waals surface area contributed by atoms with E-state index in [9.17, 15) is 0 Å². The minimum Gasteiger partial charge on any atom is -0.477 e. The quantitative estimate of drug-likeness (QED) is 0.183. The van der Waals surface area contributed by atoms with Gasteiger partial charge in [0.1, 0.15) is 0 Å². The summed E-state index contributed by atoms with van der Waals surface area (Å²) >= 11 is 0. The van der Waals surface area contributed by atoms with E-state index in [-0.39, 0.29) is 0 Å². The van der Waals surface area contributed by atoms with Crippen molar-refractivity contribution in [2.75, 3.05) is 6.61 Å². The average molecular weight is 501 g/mol. The predicted molar refractivity (Wildman–Crippen MR) is 155 cm³/mol.